The van der Waals surface area contributed by atoms with E-state index in [0.29, 0.717) is 18.2 Å². The standard InChI is InChI=1S/C7H8N2O3/c10-3-5-4-11-6-1-2-8-9-7(6)12-5/h1-2,5,10H,3-4H2. The second-order valence-corrected chi connectivity index (χ2v) is 2.43. The van der Waals surface area contributed by atoms with Crippen molar-refractivity contribution in [1.29, 1.82) is 0 Å². The number of hydrogen-bond acceptors (Lipinski definition) is 5. The van der Waals surface area contributed by atoms with Crippen LogP contribution < -0.4 is 9.47 Å². The lowest BCUT2D eigenvalue weighted by Crippen LogP contribution is -2.32. The Morgan fingerprint density at radius 3 is 3.42 bits per heavy atom. The van der Waals surface area contributed by atoms with E-state index in [1.54, 1.807) is 6.07 Å². The molecule has 1 aromatic rings. The van der Waals surface area contributed by atoms with Crippen molar-refractivity contribution in [3.63, 3.8) is 0 Å². The second kappa shape index (κ2) is 2.94. The minimum atomic E-state index is -0.325. The van der Waals surface area contributed by atoms with Crippen LogP contribution in [-0.2, 0) is 0 Å². The zero-order valence-corrected chi connectivity index (χ0v) is 6.30. The van der Waals surface area contributed by atoms with Crippen molar-refractivity contribution in [2.24, 2.45) is 0 Å². The van der Waals surface area contributed by atoms with Gasteiger partial charge in [0.25, 0.3) is 5.88 Å². The van der Waals surface area contributed by atoms with Crippen LogP contribution in [-0.4, -0.2) is 34.6 Å². The molecule has 2 heterocycles. The highest BCUT2D eigenvalue weighted by molar-refractivity contribution is 5.32. The van der Waals surface area contributed by atoms with Crippen LogP contribution in [0.2, 0.25) is 0 Å². The van der Waals surface area contributed by atoms with Crippen molar-refractivity contribution in [1.82, 2.24) is 10.2 Å². The Labute approximate surface area is 68.9 Å². The third-order valence-electron chi connectivity index (χ3n) is 1.56. The monoisotopic (exact) mass is 168 g/mol. The molecule has 0 fully saturated rings. The summed E-state index contributed by atoms with van der Waals surface area (Å²) in [6, 6.07) is 1.68. The van der Waals surface area contributed by atoms with Gasteiger partial charge in [0, 0.05) is 6.07 Å². The number of aliphatic hydroxyl groups is 1. The molecule has 64 valence electrons. The molecule has 2 rings (SSSR count). The van der Waals surface area contributed by atoms with Gasteiger partial charge in [-0.3, -0.25) is 0 Å². The third kappa shape index (κ3) is 1.18. The SMILES string of the molecule is OCC1COc2ccnnc2O1. The Bertz CT molecular complexity index is 279. The van der Waals surface area contributed by atoms with Gasteiger partial charge in [-0.25, -0.2) is 0 Å². The fraction of sp³-hybridized carbons (Fsp3) is 0.429. The molecule has 0 saturated heterocycles. The van der Waals surface area contributed by atoms with Crippen LogP contribution in [0.4, 0.5) is 0 Å². The normalized spacial score (nSPS) is 20.6. The van der Waals surface area contributed by atoms with E-state index in [4.69, 9.17) is 14.6 Å². The van der Waals surface area contributed by atoms with E-state index >= 15 is 0 Å². The maximum atomic E-state index is 8.76. The summed E-state index contributed by atoms with van der Waals surface area (Å²) in [6.45, 7) is 0.283. The van der Waals surface area contributed by atoms with Gasteiger partial charge >= 0.3 is 0 Å². The van der Waals surface area contributed by atoms with Crippen LogP contribution in [0.15, 0.2) is 12.3 Å². The molecule has 5 nitrogen and oxygen atoms in total. The van der Waals surface area contributed by atoms with Crippen molar-refractivity contribution in [2.45, 2.75) is 6.10 Å². The Morgan fingerprint density at radius 2 is 2.58 bits per heavy atom. The van der Waals surface area contributed by atoms with Crippen molar-refractivity contribution in [3.8, 4) is 11.6 Å². The minimum absolute atomic E-state index is 0.0734. The smallest absolute Gasteiger partial charge is 0.276 e. The van der Waals surface area contributed by atoms with E-state index < -0.39 is 0 Å². The summed E-state index contributed by atoms with van der Waals surface area (Å²) in [5.41, 5.74) is 0. The molecule has 0 saturated carbocycles. The first-order valence-electron chi connectivity index (χ1n) is 3.62. The number of aliphatic hydroxyl groups excluding tert-OH is 1. The largest absolute Gasteiger partial charge is 0.484 e. The average molecular weight is 168 g/mol. The second-order valence-electron chi connectivity index (χ2n) is 2.43. The zero-order chi connectivity index (χ0) is 8.39. The van der Waals surface area contributed by atoms with E-state index in [0.717, 1.165) is 0 Å². The molecule has 1 atom stereocenters. The summed E-state index contributed by atoms with van der Waals surface area (Å²) in [6.07, 6.45) is 1.20. The maximum absolute atomic E-state index is 8.76. The topological polar surface area (TPSA) is 64.5 Å². The summed E-state index contributed by atoms with van der Waals surface area (Å²) in [7, 11) is 0. The fourth-order valence-electron chi connectivity index (χ4n) is 0.963. The molecule has 1 aliphatic rings. The van der Waals surface area contributed by atoms with Gasteiger partial charge in [0.15, 0.2) is 11.9 Å². The zero-order valence-electron chi connectivity index (χ0n) is 6.30. The molecule has 1 N–H and O–H groups in total. The molecule has 1 aliphatic heterocycles. The summed E-state index contributed by atoms with van der Waals surface area (Å²) >= 11 is 0. The van der Waals surface area contributed by atoms with Crippen molar-refractivity contribution >= 4 is 0 Å². The van der Waals surface area contributed by atoms with Gasteiger partial charge in [0.2, 0.25) is 0 Å². The molecular weight excluding hydrogens is 160 g/mol. The van der Waals surface area contributed by atoms with Crippen molar-refractivity contribution in [2.75, 3.05) is 13.2 Å². The van der Waals surface area contributed by atoms with Crippen molar-refractivity contribution in [3.05, 3.63) is 12.3 Å². The van der Waals surface area contributed by atoms with E-state index in [9.17, 15) is 0 Å². The van der Waals surface area contributed by atoms with Crippen LogP contribution in [0.5, 0.6) is 11.6 Å². The molecule has 1 unspecified atom stereocenters. The average Bonchev–Trinajstić information content (AvgIpc) is 2.17. The highest BCUT2D eigenvalue weighted by atomic mass is 16.6. The number of fused-ring (bicyclic) bond motifs is 1. The highest BCUT2D eigenvalue weighted by Gasteiger charge is 2.20. The Balaban J connectivity index is 2.23. The summed E-state index contributed by atoms with van der Waals surface area (Å²) in [4.78, 5) is 0. The van der Waals surface area contributed by atoms with Gasteiger partial charge in [-0.05, 0) is 0 Å². The molecule has 0 aliphatic carbocycles. The van der Waals surface area contributed by atoms with Crippen LogP contribution in [0.25, 0.3) is 0 Å². The maximum Gasteiger partial charge on any atom is 0.276 e. The Kier molecular flexibility index (Phi) is 1.79. The Morgan fingerprint density at radius 1 is 1.67 bits per heavy atom. The lowest BCUT2D eigenvalue weighted by Gasteiger charge is -2.22. The first-order chi connectivity index (χ1) is 5.90. The minimum Gasteiger partial charge on any atom is -0.484 e. The lowest BCUT2D eigenvalue weighted by molar-refractivity contribution is 0.0400. The highest BCUT2D eigenvalue weighted by Crippen LogP contribution is 2.27. The number of nitrogens with zero attached hydrogens (tertiary/aromatic N) is 2. The number of hydrogen-bond donors (Lipinski definition) is 1. The third-order valence-corrected chi connectivity index (χ3v) is 1.56. The molecule has 12 heavy (non-hydrogen) atoms. The number of rotatable bonds is 1. The molecule has 5 heteroatoms. The predicted molar refractivity (Wildman–Crippen MR) is 39.0 cm³/mol. The van der Waals surface area contributed by atoms with Gasteiger partial charge in [0.05, 0.1) is 12.8 Å². The van der Waals surface area contributed by atoms with Gasteiger partial charge < -0.3 is 14.6 Å². The first kappa shape index (κ1) is 7.30. The van der Waals surface area contributed by atoms with Gasteiger partial charge in [-0.1, -0.05) is 0 Å². The van der Waals surface area contributed by atoms with Gasteiger partial charge in [0.1, 0.15) is 6.61 Å². The fourth-order valence-corrected chi connectivity index (χ4v) is 0.963. The summed E-state index contributed by atoms with van der Waals surface area (Å²) in [5.74, 6) is 0.928. The predicted octanol–water partition coefficient (Wildman–Crippen LogP) is -0.391. The van der Waals surface area contributed by atoms with Crippen molar-refractivity contribution < 1.29 is 14.6 Å². The van der Waals surface area contributed by atoms with Crippen LogP contribution in [0, 0.1) is 0 Å². The van der Waals surface area contributed by atoms with E-state index in [1.165, 1.54) is 6.20 Å². The molecule has 0 spiro atoms. The van der Waals surface area contributed by atoms with E-state index in [2.05, 4.69) is 10.2 Å². The molecule has 1 aromatic heterocycles. The van der Waals surface area contributed by atoms with Gasteiger partial charge in [-0.15, -0.1) is 5.10 Å². The van der Waals surface area contributed by atoms with E-state index in [-0.39, 0.29) is 12.7 Å². The van der Waals surface area contributed by atoms with Crippen LogP contribution >= 0.6 is 0 Å². The number of ether oxygens (including phenoxy) is 2. The van der Waals surface area contributed by atoms with E-state index in [1.807, 2.05) is 0 Å². The summed E-state index contributed by atoms with van der Waals surface area (Å²) < 4.78 is 10.5. The molecular formula is C7H8N2O3. The summed E-state index contributed by atoms with van der Waals surface area (Å²) in [5, 5.41) is 16.1. The van der Waals surface area contributed by atoms with Gasteiger partial charge in [-0.2, -0.15) is 5.10 Å². The molecule has 0 aromatic carbocycles. The molecule has 0 amide bonds. The first-order valence-corrected chi connectivity index (χ1v) is 3.62. The quantitative estimate of drug-likeness (QED) is 0.618. The Hall–Kier alpha value is -1.36. The number of aromatic nitrogens is 2. The lowest BCUT2D eigenvalue weighted by atomic mass is 10.3. The molecule has 0 radical (unpaired) electrons. The van der Waals surface area contributed by atoms with Crippen LogP contribution in [0.3, 0.4) is 0 Å². The molecule has 0 bridgehead atoms. The van der Waals surface area contributed by atoms with Crippen LogP contribution in [0.1, 0.15) is 0 Å².